The van der Waals surface area contributed by atoms with E-state index in [1.807, 2.05) is 6.92 Å². The molecule has 0 aliphatic carbocycles. The van der Waals surface area contributed by atoms with Gasteiger partial charge in [-0.15, -0.1) is 13.2 Å². The molecule has 2 heterocycles. The van der Waals surface area contributed by atoms with E-state index in [4.69, 9.17) is 4.74 Å². The Balaban J connectivity index is 2.21. The van der Waals surface area contributed by atoms with Crippen molar-refractivity contribution in [2.75, 3.05) is 26.0 Å². The van der Waals surface area contributed by atoms with Crippen LogP contribution in [0.1, 0.15) is 31.4 Å². The molecule has 1 aliphatic rings. The Morgan fingerprint density at radius 2 is 2.04 bits per heavy atom. The SMILES string of the molecule is C=P(C)(C)CC[C@H]1OC(c2cn(CNCCC)c(=O)[nH]c2=O)[C@H](O)[C@@H]1O. The van der Waals surface area contributed by atoms with Crippen molar-refractivity contribution < 1.29 is 14.9 Å². The minimum Gasteiger partial charge on any atom is -0.388 e. The van der Waals surface area contributed by atoms with Crippen LogP contribution >= 0.6 is 6.89 Å². The number of aliphatic hydroxyl groups is 2. The Morgan fingerprint density at radius 3 is 2.65 bits per heavy atom. The molecular weight excluding hydrogens is 357 g/mol. The van der Waals surface area contributed by atoms with Crippen LogP contribution < -0.4 is 16.6 Å². The first-order valence-corrected chi connectivity index (χ1v) is 11.9. The maximum Gasteiger partial charge on any atom is 0.329 e. The van der Waals surface area contributed by atoms with Gasteiger partial charge in [0.1, 0.15) is 18.3 Å². The number of aromatic nitrogens is 2. The van der Waals surface area contributed by atoms with Gasteiger partial charge in [0.15, 0.2) is 0 Å². The Bertz CT molecular complexity index is 768. The van der Waals surface area contributed by atoms with Gasteiger partial charge in [0.2, 0.25) is 0 Å². The van der Waals surface area contributed by atoms with Gasteiger partial charge in [-0.25, -0.2) is 4.79 Å². The summed E-state index contributed by atoms with van der Waals surface area (Å²) in [5.74, 6) is 0. The van der Waals surface area contributed by atoms with Crippen LogP contribution in [0.5, 0.6) is 0 Å². The molecule has 0 aromatic carbocycles. The standard InChI is InChI=1S/C17H30N3O5P/c1-5-7-18-10-20-9-11(16(23)19-17(20)24)15-14(22)13(21)12(25-15)6-8-26(2,3)4/h9,12-15,18,21-22H,2,5-8,10H2,1,3-4H3,(H,19,23,24)/t12-,13-,14-,15?/m1/s1. The van der Waals surface area contributed by atoms with Crippen molar-refractivity contribution in [2.45, 2.75) is 50.8 Å². The second-order valence-electron chi connectivity index (χ2n) is 7.50. The Hall–Kier alpha value is -1.18. The van der Waals surface area contributed by atoms with E-state index >= 15 is 0 Å². The van der Waals surface area contributed by atoms with Crippen molar-refractivity contribution in [2.24, 2.45) is 0 Å². The van der Waals surface area contributed by atoms with Crippen LogP contribution in [0.4, 0.5) is 0 Å². The first kappa shape index (κ1) is 21.1. The summed E-state index contributed by atoms with van der Waals surface area (Å²) < 4.78 is 7.13. The van der Waals surface area contributed by atoms with E-state index in [0.29, 0.717) is 6.42 Å². The van der Waals surface area contributed by atoms with Crippen LogP contribution in [0.3, 0.4) is 0 Å². The summed E-state index contributed by atoms with van der Waals surface area (Å²) in [4.78, 5) is 26.4. The fraction of sp³-hybridized carbons (Fsp3) is 0.706. The monoisotopic (exact) mass is 387 g/mol. The number of nitrogens with one attached hydrogen (secondary N) is 2. The molecule has 1 aliphatic heterocycles. The topological polar surface area (TPSA) is 117 Å². The van der Waals surface area contributed by atoms with E-state index < -0.39 is 42.6 Å². The number of hydrogen-bond acceptors (Lipinski definition) is 6. The average Bonchev–Trinajstić information content (AvgIpc) is 2.83. The van der Waals surface area contributed by atoms with Crippen LogP contribution in [-0.2, 0) is 11.4 Å². The summed E-state index contributed by atoms with van der Waals surface area (Å²) in [5, 5.41) is 23.8. The molecule has 0 bridgehead atoms. The van der Waals surface area contributed by atoms with Crippen LogP contribution in [0, 0.1) is 0 Å². The normalized spacial score (nSPS) is 26.3. The largest absolute Gasteiger partial charge is 0.388 e. The number of aromatic amines is 1. The summed E-state index contributed by atoms with van der Waals surface area (Å²) in [6.07, 6.45) is 3.98. The second kappa shape index (κ2) is 8.67. The zero-order valence-electron chi connectivity index (χ0n) is 15.6. The van der Waals surface area contributed by atoms with Crippen LogP contribution in [0.25, 0.3) is 0 Å². The third-order valence-electron chi connectivity index (χ3n) is 4.44. The molecule has 4 atom stereocenters. The van der Waals surface area contributed by atoms with Crippen molar-refractivity contribution in [1.82, 2.24) is 14.9 Å². The molecular formula is C17H30N3O5P. The molecule has 1 aromatic rings. The summed E-state index contributed by atoms with van der Waals surface area (Å²) >= 11 is 0. The van der Waals surface area contributed by atoms with Gasteiger partial charge < -0.3 is 14.9 Å². The molecule has 2 rings (SSSR count). The lowest BCUT2D eigenvalue weighted by Crippen LogP contribution is -2.38. The number of aliphatic hydroxyl groups excluding tert-OH is 2. The van der Waals surface area contributed by atoms with Gasteiger partial charge in [0, 0.05) is 6.20 Å². The first-order valence-electron chi connectivity index (χ1n) is 8.87. The van der Waals surface area contributed by atoms with Crippen LogP contribution in [0.15, 0.2) is 15.8 Å². The van der Waals surface area contributed by atoms with Gasteiger partial charge in [-0.05, 0) is 38.9 Å². The first-order chi connectivity index (χ1) is 12.1. The lowest BCUT2D eigenvalue weighted by atomic mass is 10.0. The van der Waals surface area contributed by atoms with Gasteiger partial charge in [-0.3, -0.25) is 19.7 Å². The van der Waals surface area contributed by atoms with Gasteiger partial charge in [0.05, 0.1) is 18.3 Å². The van der Waals surface area contributed by atoms with Crippen molar-refractivity contribution in [3.05, 3.63) is 32.6 Å². The lowest BCUT2D eigenvalue weighted by molar-refractivity contribution is 0.00492. The maximum atomic E-state index is 12.2. The lowest BCUT2D eigenvalue weighted by Gasteiger charge is -2.18. The zero-order chi connectivity index (χ0) is 19.5. The average molecular weight is 387 g/mol. The second-order valence-corrected chi connectivity index (χ2v) is 11.8. The third kappa shape index (κ3) is 5.18. The predicted molar refractivity (Wildman–Crippen MR) is 105 cm³/mol. The highest BCUT2D eigenvalue weighted by molar-refractivity contribution is 7.72. The van der Waals surface area contributed by atoms with E-state index in [0.717, 1.165) is 19.1 Å². The molecule has 1 saturated heterocycles. The molecule has 9 heteroatoms. The molecule has 4 N–H and O–H groups in total. The fourth-order valence-corrected chi connectivity index (χ4v) is 3.90. The van der Waals surface area contributed by atoms with E-state index in [9.17, 15) is 19.8 Å². The summed E-state index contributed by atoms with van der Waals surface area (Å²) in [6, 6.07) is 0. The number of ether oxygens (including phenoxy) is 1. The van der Waals surface area contributed by atoms with Gasteiger partial charge in [0.25, 0.3) is 5.56 Å². The molecule has 1 unspecified atom stereocenters. The highest BCUT2D eigenvalue weighted by Gasteiger charge is 2.44. The quantitative estimate of drug-likeness (QED) is 0.361. The number of rotatable bonds is 8. The van der Waals surface area contributed by atoms with E-state index in [1.54, 1.807) is 0 Å². The molecule has 148 valence electrons. The molecule has 0 spiro atoms. The highest BCUT2D eigenvalue weighted by atomic mass is 31.2. The van der Waals surface area contributed by atoms with Crippen LogP contribution in [0.2, 0.25) is 0 Å². The Labute approximate surface area is 153 Å². The van der Waals surface area contributed by atoms with Gasteiger partial charge >= 0.3 is 5.69 Å². The van der Waals surface area contributed by atoms with E-state index in [-0.39, 0.29) is 12.2 Å². The molecule has 0 amide bonds. The zero-order valence-corrected chi connectivity index (χ0v) is 16.5. The third-order valence-corrected chi connectivity index (χ3v) is 5.90. The maximum absolute atomic E-state index is 12.2. The number of nitrogens with zero attached hydrogens (tertiary/aromatic N) is 1. The van der Waals surface area contributed by atoms with Gasteiger partial charge in [-0.1, -0.05) is 6.92 Å². The Morgan fingerprint density at radius 1 is 1.35 bits per heavy atom. The molecule has 0 radical (unpaired) electrons. The molecule has 1 fully saturated rings. The van der Waals surface area contributed by atoms with Crippen LogP contribution in [-0.4, -0.2) is 70.4 Å². The number of hydrogen-bond donors (Lipinski definition) is 4. The van der Waals surface area contributed by atoms with Crippen molar-refractivity contribution in [1.29, 1.82) is 0 Å². The van der Waals surface area contributed by atoms with Crippen molar-refractivity contribution in [3.8, 4) is 0 Å². The van der Waals surface area contributed by atoms with Crippen molar-refractivity contribution in [3.63, 3.8) is 0 Å². The molecule has 26 heavy (non-hydrogen) atoms. The smallest absolute Gasteiger partial charge is 0.329 e. The minimum atomic E-state index is -1.29. The summed E-state index contributed by atoms with van der Waals surface area (Å²) in [7, 11) is 0. The molecule has 1 aromatic heterocycles. The predicted octanol–water partition coefficient (Wildman–Crippen LogP) is -0.245. The number of H-pyrrole nitrogens is 1. The van der Waals surface area contributed by atoms with Crippen molar-refractivity contribution >= 4 is 13.2 Å². The fourth-order valence-electron chi connectivity index (χ4n) is 2.94. The molecule has 8 nitrogen and oxygen atoms in total. The van der Waals surface area contributed by atoms with E-state index in [1.165, 1.54) is 10.8 Å². The minimum absolute atomic E-state index is 0.139. The summed E-state index contributed by atoms with van der Waals surface area (Å²) in [5.41, 5.74) is -1.00. The van der Waals surface area contributed by atoms with Gasteiger partial charge in [-0.2, -0.15) is 0 Å². The van der Waals surface area contributed by atoms with E-state index in [2.05, 4.69) is 29.9 Å². The summed E-state index contributed by atoms with van der Waals surface area (Å²) in [6.45, 7) is 5.87. The highest BCUT2D eigenvalue weighted by Crippen LogP contribution is 2.40. The molecule has 0 saturated carbocycles. The Kier molecular flexibility index (Phi) is 7.05.